The van der Waals surface area contributed by atoms with Gasteiger partial charge in [0.2, 0.25) is 0 Å². The van der Waals surface area contributed by atoms with E-state index in [1.165, 1.54) is 0 Å². The normalized spacial score (nSPS) is 10.0. The molecule has 0 fully saturated rings. The molecule has 94 valence electrons. The lowest BCUT2D eigenvalue weighted by atomic mass is 10.2. The van der Waals surface area contributed by atoms with E-state index >= 15 is 0 Å². The van der Waals surface area contributed by atoms with E-state index in [1.807, 2.05) is 0 Å². The van der Waals surface area contributed by atoms with Gasteiger partial charge in [0.05, 0.1) is 18.8 Å². The molecule has 1 rings (SSSR count). The molecule has 0 spiro atoms. The minimum absolute atomic E-state index is 0.186. The van der Waals surface area contributed by atoms with Crippen molar-refractivity contribution in [2.24, 2.45) is 0 Å². The van der Waals surface area contributed by atoms with Gasteiger partial charge in [0.15, 0.2) is 0 Å². The van der Waals surface area contributed by atoms with Crippen molar-refractivity contribution in [2.75, 3.05) is 19.8 Å². The maximum absolute atomic E-state index is 11.4. The summed E-state index contributed by atoms with van der Waals surface area (Å²) < 4.78 is 10.3. The zero-order chi connectivity index (χ0) is 12.5. The summed E-state index contributed by atoms with van der Waals surface area (Å²) in [5.74, 6) is 0.398. The first kappa shape index (κ1) is 13.5. The summed E-state index contributed by atoms with van der Waals surface area (Å²) in [4.78, 5) is 11.4. The summed E-state index contributed by atoms with van der Waals surface area (Å²) >= 11 is 0. The molecule has 1 aromatic rings. The van der Waals surface area contributed by atoms with Crippen LogP contribution in [0.5, 0.6) is 5.75 Å². The van der Waals surface area contributed by atoms with E-state index in [-0.39, 0.29) is 12.6 Å². The minimum Gasteiger partial charge on any atom is -0.494 e. The van der Waals surface area contributed by atoms with Gasteiger partial charge in [-0.25, -0.2) is 4.79 Å². The maximum atomic E-state index is 11.4. The van der Waals surface area contributed by atoms with Crippen LogP contribution in [-0.4, -0.2) is 30.9 Å². The van der Waals surface area contributed by atoms with Crippen LogP contribution in [0.3, 0.4) is 0 Å². The molecule has 0 aliphatic rings. The molecule has 0 heterocycles. The largest absolute Gasteiger partial charge is 0.494 e. The van der Waals surface area contributed by atoms with E-state index in [9.17, 15) is 4.79 Å². The number of hydrogen-bond donors (Lipinski definition) is 1. The highest BCUT2D eigenvalue weighted by molar-refractivity contribution is 5.89. The van der Waals surface area contributed by atoms with E-state index in [1.54, 1.807) is 31.2 Å². The Morgan fingerprint density at radius 1 is 1.24 bits per heavy atom. The second kappa shape index (κ2) is 7.68. The minimum atomic E-state index is -0.320. The summed E-state index contributed by atoms with van der Waals surface area (Å²) in [6.45, 7) is 2.90. The van der Waals surface area contributed by atoms with Crippen molar-refractivity contribution in [2.45, 2.75) is 19.8 Å². The quantitative estimate of drug-likeness (QED) is 0.583. The Morgan fingerprint density at radius 2 is 1.94 bits per heavy atom. The van der Waals surface area contributed by atoms with Crippen molar-refractivity contribution in [3.8, 4) is 5.75 Å². The number of hydrogen-bond acceptors (Lipinski definition) is 4. The van der Waals surface area contributed by atoms with Gasteiger partial charge in [0, 0.05) is 6.61 Å². The Morgan fingerprint density at radius 3 is 2.53 bits per heavy atom. The molecule has 0 aliphatic heterocycles. The molecule has 0 radical (unpaired) electrons. The number of rotatable bonds is 7. The van der Waals surface area contributed by atoms with Gasteiger partial charge in [-0.15, -0.1) is 0 Å². The molecule has 4 nitrogen and oxygen atoms in total. The smallest absolute Gasteiger partial charge is 0.338 e. The fourth-order valence-corrected chi connectivity index (χ4v) is 1.31. The van der Waals surface area contributed by atoms with Gasteiger partial charge in [-0.2, -0.15) is 0 Å². The molecule has 0 saturated carbocycles. The van der Waals surface area contributed by atoms with Gasteiger partial charge in [-0.05, 0) is 44.0 Å². The lowest BCUT2D eigenvalue weighted by Gasteiger charge is -2.06. The number of benzene rings is 1. The third-order valence-electron chi connectivity index (χ3n) is 2.19. The van der Waals surface area contributed by atoms with Crippen LogP contribution in [-0.2, 0) is 4.74 Å². The third kappa shape index (κ3) is 4.87. The summed E-state index contributed by atoms with van der Waals surface area (Å²) in [6, 6.07) is 6.84. The van der Waals surface area contributed by atoms with Crippen molar-refractivity contribution in [1.29, 1.82) is 0 Å². The fraction of sp³-hybridized carbons (Fsp3) is 0.462. The van der Waals surface area contributed by atoms with Crippen molar-refractivity contribution >= 4 is 5.97 Å². The topological polar surface area (TPSA) is 55.8 Å². The van der Waals surface area contributed by atoms with Crippen molar-refractivity contribution < 1.29 is 19.4 Å². The standard InChI is InChI=1S/C13H18O4/c1-2-16-13(15)11-5-7-12(8-6-11)17-10-4-3-9-14/h5-8,14H,2-4,9-10H2,1H3. The van der Waals surface area contributed by atoms with Crippen LogP contribution in [0.15, 0.2) is 24.3 Å². The maximum Gasteiger partial charge on any atom is 0.338 e. The first-order valence-electron chi connectivity index (χ1n) is 5.78. The number of unbranched alkanes of at least 4 members (excludes halogenated alkanes) is 1. The van der Waals surface area contributed by atoms with Crippen LogP contribution < -0.4 is 4.74 Å². The average molecular weight is 238 g/mol. The van der Waals surface area contributed by atoms with Crippen molar-refractivity contribution in [3.05, 3.63) is 29.8 Å². The highest BCUT2D eigenvalue weighted by atomic mass is 16.5. The molecule has 4 heteroatoms. The molecule has 0 amide bonds. The number of aliphatic hydroxyl groups excluding tert-OH is 1. The van der Waals surface area contributed by atoms with Gasteiger partial charge in [0.1, 0.15) is 5.75 Å². The second-order valence-corrected chi connectivity index (χ2v) is 3.52. The van der Waals surface area contributed by atoms with Crippen LogP contribution in [0.1, 0.15) is 30.1 Å². The highest BCUT2D eigenvalue weighted by Gasteiger charge is 2.05. The third-order valence-corrected chi connectivity index (χ3v) is 2.19. The first-order valence-corrected chi connectivity index (χ1v) is 5.78. The Hall–Kier alpha value is -1.55. The second-order valence-electron chi connectivity index (χ2n) is 3.52. The SMILES string of the molecule is CCOC(=O)c1ccc(OCCCCO)cc1. The fourth-order valence-electron chi connectivity index (χ4n) is 1.31. The molecule has 0 unspecified atom stereocenters. The molecule has 17 heavy (non-hydrogen) atoms. The molecular formula is C13H18O4. The van der Waals surface area contributed by atoms with Crippen LogP contribution in [0.25, 0.3) is 0 Å². The monoisotopic (exact) mass is 238 g/mol. The Balaban J connectivity index is 2.42. The predicted molar refractivity (Wildman–Crippen MR) is 64.2 cm³/mol. The number of aliphatic hydroxyl groups is 1. The van der Waals surface area contributed by atoms with E-state index in [0.29, 0.717) is 18.8 Å². The van der Waals surface area contributed by atoms with Crippen LogP contribution in [0.4, 0.5) is 0 Å². The van der Waals surface area contributed by atoms with E-state index in [0.717, 1.165) is 18.6 Å². The molecular weight excluding hydrogens is 220 g/mol. The molecule has 0 bridgehead atoms. The summed E-state index contributed by atoms with van der Waals surface area (Å²) in [5.41, 5.74) is 0.523. The number of esters is 1. The highest BCUT2D eigenvalue weighted by Crippen LogP contribution is 2.13. The lowest BCUT2D eigenvalue weighted by molar-refractivity contribution is 0.0526. The molecule has 0 saturated heterocycles. The van der Waals surface area contributed by atoms with Gasteiger partial charge in [-0.1, -0.05) is 0 Å². The number of carbonyl (C=O) groups is 1. The summed E-state index contributed by atoms with van der Waals surface area (Å²) in [5, 5.41) is 8.60. The Kier molecular flexibility index (Phi) is 6.10. The van der Waals surface area contributed by atoms with E-state index in [2.05, 4.69) is 0 Å². The molecule has 1 N–H and O–H groups in total. The molecule has 0 aliphatic carbocycles. The van der Waals surface area contributed by atoms with E-state index in [4.69, 9.17) is 14.6 Å². The zero-order valence-corrected chi connectivity index (χ0v) is 10.0. The van der Waals surface area contributed by atoms with Crippen LogP contribution in [0, 0.1) is 0 Å². The molecule has 1 aromatic carbocycles. The van der Waals surface area contributed by atoms with Gasteiger partial charge < -0.3 is 14.6 Å². The van der Waals surface area contributed by atoms with Gasteiger partial charge in [0.25, 0.3) is 0 Å². The van der Waals surface area contributed by atoms with Crippen molar-refractivity contribution in [3.63, 3.8) is 0 Å². The van der Waals surface area contributed by atoms with Gasteiger partial charge in [-0.3, -0.25) is 0 Å². The summed E-state index contributed by atoms with van der Waals surface area (Å²) in [6.07, 6.45) is 1.55. The first-order chi connectivity index (χ1) is 8.27. The average Bonchev–Trinajstić information content (AvgIpc) is 2.36. The molecule has 0 atom stereocenters. The Bertz CT molecular complexity index is 332. The van der Waals surface area contributed by atoms with Crippen LogP contribution in [0.2, 0.25) is 0 Å². The molecule has 0 aromatic heterocycles. The number of ether oxygens (including phenoxy) is 2. The van der Waals surface area contributed by atoms with Gasteiger partial charge >= 0.3 is 5.97 Å². The lowest BCUT2D eigenvalue weighted by Crippen LogP contribution is -2.04. The van der Waals surface area contributed by atoms with E-state index < -0.39 is 0 Å². The number of carbonyl (C=O) groups excluding carboxylic acids is 1. The zero-order valence-electron chi connectivity index (χ0n) is 10.0. The summed E-state index contributed by atoms with van der Waals surface area (Å²) in [7, 11) is 0. The Labute approximate surface area is 101 Å². The van der Waals surface area contributed by atoms with Crippen LogP contribution >= 0.6 is 0 Å². The van der Waals surface area contributed by atoms with Crippen molar-refractivity contribution in [1.82, 2.24) is 0 Å². The predicted octanol–water partition coefficient (Wildman–Crippen LogP) is 2.01.